The summed E-state index contributed by atoms with van der Waals surface area (Å²) in [5, 5.41) is 12.5. The molecule has 2 N–H and O–H groups in total. The Morgan fingerprint density at radius 3 is 3.23 bits per heavy atom. The molecule has 13 heavy (non-hydrogen) atoms. The van der Waals surface area contributed by atoms with Gasteiger partial charge in [-0.3, -0.25) is 5.10 Å². The van der Waals surface area contributed by atoms with Crippen molar-refractivity contribution < 1.29 is 9.53 Å². The fourth-order valence-electron chi connectivity index (χ4n) is 1.30. The maximum Gasteiger partial charge on any atom is 0.329 e. The van der Waals surface area contributed by atoms with E-state index in [4.69, 9.17) is 4.74 Å². The van der Waals surface area contributed by atoms with Gasteiger partial charge in [0.15, 0.2) is 0 Å². The van der Waals surface area contributed by atoms with Crippen LogP contribution in [0, 0.1) is 0 Å². The molecule has 1 aliphatic heterocycles. The summed E-state index contributed by atoms with van der Waals surface area (Å²) >= 11 is 0. The van der Waals surface area contributed by atoms with Crippen LogP contribution in [0.15, 0.2) is 6.20 Å². The lowest BCUT2D eigenvalue weighted by atomic mass is 10.2. The van der Waals surface area contributed by atoms with Crippen molar-refractivity contribution in [2.45, 2.75) is 18.9 Å². The molecule has 6 nitrogen and oxygen atoms in total. The predicted octanol–water partition coefficient (Wildman–Crippen LogP) is -0.538. The van der Waals surface area contributed by atoms with E-state index in [-0.39, 0.29) is 17.9 Å². The number of H-pyrrole nitrogens is 1. The number of aromatic amines is 1. The Balaban J connectivity index is 1.91. The topological polar surface area (TPSA) is 79.9 Å². The number of carbonyl (C=O) groups is 1. The lowest BCUT2D eigenvalue weighted by Gasteiger charge is -2.06. The Morgan fingerprint density at radius 2 is 2.62 bits per heavy atom. The van der Waals surface area contributed by atoms with E-state index in [2.05, 4.69) is 20.7 Å². The second-order valence-electron chi connectivity index (χ2n) is 2.88. The first-order valence-electron chi connectivity index (χ1n) is 4.18. The van der Waals surface area contributed by atoms with Crippen LogP contribution in [0.4, 0.5) is 0 Å². The first-order chi connectivity index (χ1) is 6.36. The van der Waals surface area contributed by atoms with E-state index >= 15 is 0 Å². The van der Waals surface area contributed by atoms with Gasteiger partial charge in [-0.25, -0.2) is 4.79 Å². The first kappa shape index (κ1) is 8.18. The number of hydrogen-bond donors (Lipinski definition) is 2. The van der Waals surface area contributed by atoms with Crippen molar-refractivity contribution in [3.8, 4) is 5.88 Å². The molecule has 0 aliphatic carbocycles. The normalized spacial score (nSPS) is 21.7. The number of nitrogens with zero attached hydrogens (tertiary/aromatic N) is 2. The van der Waals surface area contributed by atoms with Crippen molar-refractivity contribution in [3.05, 3.63) is 6.20 Å². The number of hydrogen-bond acceptors (Lipinski definition) is 5. The molecular formula is C7H10N4O2. The molecular weight excluding hydrogens is 172 g/mol. The van der Waals surface area contributed by atoms with E-state index in [1.165, 1.54) is 6.20 Å². The van der Waals surface area contributed by atoms with E-state index in [0.717, 1.165) is 19.4 Å². The second-order valence-corrected chi connectivity index (χ2v) is 2.88. The van der Waals surface area contributed by atoms with Gasteiger partial charge in [0.05, 0.1) is 6.20 Å². The van der Waals surface area contributed by atoms with Gasteiger partial charge in [0.25, 0.3) is 5.88 Å². The third kappa shape index (κ3) is 1.83. The molecule has 1 fully saturated rings. The summed E-state index contributed by atoms with van der Waals surface area (Å²) in [6.45, 7) is 0.874. The summed E-state index contributed by atoms with van der Waals surface area (Å²) in [7, 11) is 0. The van der Waals surface area contributed by atoms with Crippen LogP contribution in [-0.4, -0.2) is 34.0 Å². The summed E-state index contributed by atoms with van der Waals surface area (Å²) in [4.78, 5) is 11.3. The van der Waals surface area contributed by atoms with Gasteiger partial charge in [0, 0.05) is 0 Å². The zero-order chi connectivity index (χ0) is 9.10. The third-order valence-electron chi connectivity index (χ3n) is 1.94. The summed E-state index contributed by atoms with van der Waals surface area (Å²) in [6.07, 6.45) is 3.28. The van der Waals surface area contributed by atoms with Crippen LogP contribution >= 0.6 is 0 Å². The molecule has 1 aromatic heterocycles. The van der Waals surface area contributed by atoms with Crippen LogP contribution in [0.25, 0.3) is 0 Å². The van der Waals surface area contributed by atoms with E-state index in [9.17, 15) is 4.79 Å². The van der Waals surface area contributed by atoms with Crippen LogP contribution in [0.5, 0.6) is 5.88 Å². The predicted molar refractivity (Wildman–Crippen MR) is 43.0 cm³/mol. The minimum atomic E-state index is -0.286. The van der Waals surface area contributed by atoms with Crippen LogP contribution in [0.2, 0.25) is 0 Å². The maximum absolute atomic E-state index is 11.3. The van der Waals surface area contributed by atoms with Crippen molar-refractivity contribution in [3.63, 3.8) is 0 Å². The van der Waals surface area contributed by atoms with Gasteiger partial charge in [0.1, 0.15) is 6.04 Å². The number of carbonyl (C=O) groups excluding carboxylic acids is 1. The fourth-order valence-corrected chi connectivity index (χ4v) is 1.30. The molecule has 70 valence electrons. The van der Waals surface area contributed by atoms with Gasteiger partial charge in [-0.2, -0.15) is 0 Å². The van der Waals surface area contributed by atoms with Crippen molar-refractivity contribution in [1.29, 1.82) is 0 Å². The SMILES string of the molecule is O=C(Oc1c[nH]nn1)[C@@H]1CCCN1. The zero-order valence-electron chi connectivity index (χ0n) is 6.99. The molecule has 0 unspecified atom stereocenters. The Bertz CT molecular complexity index is 279. The summed E-state index contributed by atoms with van der Waals surface area (Å²) in [6, 6.07) is -0.184. The van der Waals surface area contributed by atoms with Gasteiger partial charge in [-0.15, -0.1) is 0 Å². The monoisotopic (exact) mass is 182 g/mol. The van der Waals surface area contributed by atoms with E-state index in [1.54, 1.807) is 0 Å². The standard InChI is InChI=1S/C7H10N4O2/c12-7(5-2-1-3-8-5)13-6-4-9-11-10-6/h4-5,8H,1-3H2,(H,9,10,11)/t5-/m0/s1. The maximum atomic E-state index is 11.3. The lowest BCUT2D eigenvalue weighted by molar-refractivity contribution is -0.136. The Labute approximate surface area is 74.7 Å². The average molecular weight is 182 g/mol. The van der Waals surface area contributed by atoms with Crippen molar-refractivity contribution >= 4 is 5.97 Å². The molecule has 1 atom stereocenters. The molecule has 6 heteroatoms. The van der Waals surface area contributed by atoms with Crippen LogP contribution in [-0.2, 0) is 4.79 Å². The van der Waals surface area contributed by atoms with E-state index < -0.39 is 0 Å². The van der Waals surface area contributed by atoms with E-state index in [1.807, 2.05) is 0 Å². The van der Waals surface area contributed by atoms with E-state index in [0.29, 0.717) is 0 Å². The van der Waals surface area contributed by atoms with Gasteiger partial charge in [-0.05, 0) is 19.4 Å². The van der Waals surface area contributed by atoms with Crippen molar-refractivity contribution in [2.75, 3.05) is 6.54 Å². The van der Waals surface area contributed by atoms with Crippen molar-refractivity contribution in [1.82, 2.24) is 20.7 Å². The highest BCUT2D eigenvalue weighted by Gasteiger charge is 2.24. The molecule has 0 saturated carbocycles. The highest BCUT2D eigenvalue weighted by atomic mass is 16.5. The Hall–Kier alpha value is -1.43. The molecule has 2 heterocycles. The first-order valence-corrected chi connectivity index (χ1v) is 4.18. The number of rotatable bonds is 2. The smallest absolute Gasteiger partial charge is 0.329 e. The number of ether oxygens (including phenoxy) is 1. The second kappa shape index (κ2) is 3.53. The lowest BCUT2D eigenvalue weighted by Crippen LogP contribution is -2.34. The summed E-state index contributed by atoms with van der Waals surface area (Å²) in [5.74, 6) is -0.0647. The largest absolute Gasteiger partial charge is 0.403 e. The van der Waals surface area contributed by atoms with Crippen molar-refractivity contribution in [2.24, 2.45) is 0 Å². The minimum Gasteiger partial charge on any atom is -0.403 e. The molecule has 0 spiro atoms. The number of aromatic nitrogens is 3. The molecule has 1 aromatic rings. The van der Waals surface area contributed by atoms with Gasteiger partial charge >= 0.3 is 5.97 Å². The zero-order valence-corrected chi connectivity index (χ0v) is 6.99. The molecule has 0 aromatic carbocycles. The number of esters is 1. The molecule has 0 bridgehead atoms. The summed E-state index contributed by atoms with van der Waals surface area (Å²) < 4.78 is 4.93. The Kier molecular flexibility index (Phi) is 2.22. The van der Waals surface area contributed by atoms with Gasteiger partial charge in [0.2, 0.25) is 0 Å². The van der Waals surface area contributed by atoms with Gasteiger partial charge < -0.3 is 10.1 Å². The van der Waals surface area contributed by atoms with Crippen LogP contribution in [0.1, 0.15) is 12.8 Å². The minimum absolute atomic E-state index is 0.184. The van der Waals surface area contributed by atoms with Crippen LogP contribution < -0.4 is 10.1 Å². The molecule has 1 aliphatic rings. The highest BCUT2D eigenvalue weighted by Crippen LogP contribution is 2.08. The fraction of sp³-hybridized carbons (Fsp3) is 0.571. The molecule has 0 amide bonds. The highest BCUT2D eigenvalue weighted by molar-refractivity contribution is 5.78. The Morgan fingerprint density at radius 1 is 1.69 bits per heavy atom. The molecule has 0 radical (unpaired) electrons. The molecule has 1 saturated heterocycles. The quantitative estimate of drug-likeness (QED) is 0.600. The van der Waals surface area contributed by atoms with Crippen LogP contribution in [0.3, 0.4) is 0 Å². The van der Waals surface area contributed by atoms with Gasteiger partial charge in [-0.1, -0.05) is 10.3 Å². The number of nitrogens with one attached hydrogen (secondary N) is 2. The average Bonchev–Trinajstić information content (AvgIpc) is 2.74. The summed E-state index contributed by atoms with van der Waals surface area (Å²) in [5.41, 5.74) is 0. The third-order valence-corrected chi connectivity index (χ3v) is 1.94. The molecule has 2 rings (SSSR count).